The van der Waals surface area contributed by atoms with Gasteiger partial charge in [0.15, 0.2) is 0 Å². The van der Waals surface area contributed by atoms with Gasteiger partial charge in [-0.1, -0.05) is 43.5 Å². The van der Waals surface area contributed by atoms with Crippen LogP contribution in [0, 0.1) is 0 Å². The van der Waals surface area contributed by atoms with E-state index in [-0.39, 0.29) is 24.2 Å². The van der Waals surface area contributed by atoms with Crippen molar-refractivity contribution in [2.45, 2.75) is 70.4 Å². The van der Waals surface area contributed by atoms with Gasteiger partial charge in [-0.05, 0) is 44.2 Å². The lowest BCUT2D eigenvalue weighted by molar-refractivity contribution is -0.145. The normalized spacial score (nSPS) is 18.6. The molecule has 33 heavy (non-hydrogen) atoms. The fraction of sp³-hybridized carbons (Fsp3) is 0.480. The summed E-state index contributed by atoms with van der Waals surface area (Å²) < 4.78 is 9.37. The summed E-state index contributed by atoms with van der Waals surface area (Å²) in [5.74, 6) is 0.0225. The zero-order valence-electron chi connectivity index (χ0n) is 18.9. The highest BCUT2D eigenvalue weighted by Crippen LogP contribution is 2.35. The van der Waals surface area contributed by atoms with Crippen LogP contribution in [-0.2, 0) is 16.1 Å². The average Bonchev–Trinajstić information content (AvgIpc) is 3.18. The molecule has 4 rings (SSSR count). The predicted octanol–water partition coefficient (Wildman–Crippen LogP) is 5.13. The summed E-state index contributed by atoms with van der Waals surface area (Å²) in [4.78, 5) is 28.7. The quantitative estimate of drug-likeness (QED) is 0.437. The summed E-state index contributed by atoms with van der Waals surface area (Å²) in [5, 5.41) is 9.51. The summed E-state index contributed by atoms with van der Waals surface area (Å²) in [6, 6.07) is 8.94. The molecule has 2 heterocycles. The van der Waals surface area contributed by atoms with E-state index < -0.39 is 5.97 Å². The highest BCUT2D eigenvalue weighted by Gasteiger charge is 2.27. The van der Waals surface area contributed by atoms with Crippen LogP contribution in [0.1, 0.15) is 63.5 Å². The molecule has 1 aliphatic carbocycles. The first-order valence-electron chi connectivity index (χ1n) is 11.7. The molecule has 0 aliphatic heterocycles. The van der Waals surface area contributed by atoms with Crippen molar-refractivity contribution >= 4 is 23.3 Å². The Bertz CT molecular complexity index is 1160. The monoisotopic (exact) mass is 471 g/mol. The minimum Gasteiger partial charge on any atom is -0.480 e. The van der Waals surface area contributed by atoms with Gasteiger partial charge in [-0.15, -0.1) is 0 Å². The number of carboxylic acids is 1. The van der Waals surface area contributed by atoms with Crippen molar-refractivity contribution in [2.24, 2.45) is 0 Å². The number of benzene rings is 1. The zero-order valence-corrected chi connectivity index (χ0v) is 19.6. The van der Waals surface area contributed by atoms with Gasteiger partial charge < -0.3 is 14.4 Å². The van der Waals surface area contributed by atoms with Gasteiger partial charge in [0, 0.05) is 41.0 Å². The van der Waals surface area contributed by atoms with Crippen molar-refractivity contribution in [3.05, 3.63) is 57.6 Å². The van der Waals surface area contributed by atoms with E-state index >= 15 is 0 Å². The van der Waals surface area contributed by atoms with Crippen molar-refractivity contribution in [1.82, 2.24) is 14.0 Å². The van der Waals surface area contributed by atoms with Crippen molar-refractivity contribution in [3.8, 4) is 11.3 Å². The Morgan fingerprint density at radius 2 is 1.91 bits per heavy atom. The van der Waals surface area contributed by atoms with Gasteiger partial charge in [-0.3, -0.25) is 9.20 Å². The van der Waals surface area contributed by atoms with Crippen LogP contribution in [0.2, 0.25) is 5.02 Å². The molecule has 7 nitrogen and oxygen atoms in total. The van der Waals surface area contributed by atoms with Gasteiger partial charge in [0.1, 0.15) is 6.61 Å². The predicted molar refractivity (Wildman–Crippen MR) is 128 cm³/mol. The fourth-order valence-electron chi connectivity index (χ4n) is 4.67. The van der Waals surface area contributed by atoms with Gasteiger partial charge in [0.25, 0.3) is 5.56 Å². The lowest BCUT2D eigenvalue weighted by Crippen LogP contribution is -2.24. The number of aliphatic carboxylic acids is 1. The maximum absolute atomic E-state index is 13.0. The number of imidazole rings is 1. The number of hydrogen-bond acceptors (Lipinski definition) is 4. The largest absolute Gasteiger partial charge is 0.480 e. The maximum Gasteiger partial charge on any atom is 0.329 e. The first-order valence-corrected chi connectivity index (χ1v) is 12.1. The Morgan fingerprint density at radius 1 is 1.18 bits per heavy atom. The van der Waals surface area contributed by atoms with Gasteiger partial charge in [0.2, 0.25) is 5.78 Å². The Hall–Kier alpha value is -2.64. The molecule has 176 valence electrons. The van der Waals surface area contributed by atoms with Crippen molar-refractivity contribution in [3.63, 3.8) is 0 Å². The highest BCUT2D eigenvalue weighted by atomic mass is 35.5. The minimum atomic E-state index is -0.935. The Labute approximate surface area is 198 Å². The highest BCUT2D eigenvalue weighted by molar-refractivity contribution is 6.30. The van der Waals surface area contributed by atoms with E-state index in [1.54, 1.807) is 22.6 Å². The third-order valence-electron chi connectivity index (χ3n) is 6.41. The molecule has 0 saturated heterocycles. The van der Waals surface area contributed by atoms with Crippen molar-refractivity contribution < 1.29 is 14.6 Å². The molecule has 0 bridgehead atoms. The summed E-state index contributed by atoms with van der Waals surface area (Å²) in [7, 11) is 0. The van der Waals surface area contributed by atoms with Crippen LogP contribution in [0.4, 0.5) is 0 Å². The smallest absolute Gasteiger partial charge is 0.329 e. The van der Waals surface area contributed by atoms with Gasteiger partial charge in [-0.2, -0.15) is 0 Å². The average molecular weight is 472 g/mol. The molecule has 1 saturated carbocycles. The topological polar surface area (TPSA) is 85.8 Å². The van der Waals surface area contributed by atoms with Crippen LogP contribution in [0.25, 0.3) is 17.0 Å². The molecule has 8 heteroatoms. The number of fused-ring (bicyclic) bond motifs is 1. The molecule has 0 atom stereocenters. The molecular weight excluding hydrogens is 442 g/mol. The number of hydrogen-bond donors (Lipinski definition) is 1. The Kier molecular flexibility index (Phi) is 7.50. The van der Waals surface area contributed by atoms with Gasteiger partial charge in [0.05, 0.1) is 11.8 Å². The molecular formula is C25H30ClN3O4. The van der Waals surface area contributed by atoms with Crippen molar-refractivity contribution in [1.29, 1.82) is 0 Å². The van der Waals surface area contributed by atoms with Crippen LogP contribution < -0.4 is 5.56 Å². The lowest BCUT2D eigenvalue weighted by Gasteiger charge is -2.28. The van der Waals surface area contributed by atoms with E-state index in [9.17, 15) is 9.59 Å². The van der Waals surface area contributed by atoms with Crippen LogP contribution in [0.3, 0.4) is 0 Å². The summed E-state index contributed by atoms with van der Waals surface area (Å²) in [5.41, 5.74) is 2.53. The van der Waals surface area contributed by atoms with Gasteiger partial charge >= 0.3 is 5.97 Å². The number of carbonyl (C=O) groups is 1. The first kappa shape index (κ1) is 23.5. The molecule has 1 fully saturated rings. The molecule has 0 spiro atoms. The molecule has 1 aliphatic rings. The molecule has 0 unspecified atom stereocenters. The standard InChI is InChI=1S/C25H30ClN3O4/c1-2-3-4-13-28-22(18-7-11-20(12-8-18)33-16-24(31)32)15-29-23(30)14-21(27-25(28)29)17-5-9-19(26)10-6-17/h5-6,9-10,14-15,18,20H,2-4,7-8,11-13,16H2,1H3,(H,31,32). The minimum absolute atomic E-state index is 0.0207. The number of rotatable bonds is 9. The van der Waals surface area contributed by atoms with E-state index in [0.29, 0.717) is 16.5 Å². The van der Waals surface area contributed by atoms with Crippen LogP contribution in [0.5, 0.6) is 0 Å². The van der Waals surface area contributed by atoms with E-state index in [0.717, 1.165) is 62.7 Å². The number of carboxylic acid groups (broad SMARTS) is 1. The van der Waals surface area contributed by atoms with Crippen LogP contribution in [-0.4, -0.2) is 37.7 Å². The second-order valence-corrected chi connectivity index (χ2v) is 9.18. The molecule has 0 radical (unpaired) electrons. The molecule has 2 aromatic heterocycles. The van der Waals surface area contributed by atoms with E-state index in [2.05, 4.69) is 11.5 Å². The number of halogens is 1. The molecule has 0 amide bonds. The third kappa shape index (κ3) is 5.47. The number of aryl methyl sites for hydroxylation is 1. The summed E-state index contributed by atoms with van der Waals surface area (Å²) in [6.07, 6.45) is 8.59. The van der Waals surface area contributed by atoms with E-state index in [4.69, 9.17) is 26.4 Å². The summed E-state index contributed by atoms with van der Waals surface area (Å²) in [6.45, 7) is 2.74. The number of aromatic nitrogens is 3. The lowest BCUT2D eigenvalue weighted by atomic mass is 9.85. The second-order valence-electron chi connectivity index (χ2n) is 8.75. The van der Waals surface area contributed by atoms with E-state index in [1.165, 1.54) is 0 Å². The number of nitrogens with zero attached hydrogens (tertiary/aromatic N) is 3. The van der Waals surface area contributed by atoms with Crippen molar-refractivity contribution in [2.75, 3.05) is 6.61 Å². The SMILES string of the molecule is CCCCCn1c(C2CCC(OCC(=O)O)CC2)cn2c(=O)cc(-c3ccc(Cl)cc3)nc12. The Morgan fingerprint density at radius 3 is 2.58 bits per heavy atom. The maximum atomic E-state index is 13.0. The molecule has 1 aromatic carbocycles. The van der Waals surface area contributed by atoms with Crippen LogP contribution in [0.15, 0.2) is 41.3 Å². The first-order chi connectivity index (χ1) is 16.0. The number of ether oxygens (including phenoxy) is 1. The van der Waals surface area contributed by atoms with E-state index in [1.807, 2.05) is 18.3 Å². The van der Waals surface area contributed by atoms with Crippen LogP contribution >= 0.6 is 11.6 Å². The summed E-state index contributed by atoms with van der Waals surface area (Å²) >= 11 is 6.03. The zero-order chi connectivity index (χ0) is 23.4. The fourth-order valence-corrected chi connectivity index (χ4v) is 4.79. The molecule has 3 aromatic rings. The number of unbranched alkanes of at least 4 members (excludes halogenated alkanes) is 2. The Balaban J connectivity index is 1.66. The third-order valence-corrected chi connectivity index (χ3v) is 6.66. The molecule has 1 N–H and O–H groups in total. The van der Waals surface area contributed by atoms with Gasteiger partial charge in [-0.25, -0.2) is 9.78 Å². The second kappa shape index (κ2) is 10.5.